The molecular weight excluding hydrogens is 560 g/mol. The van der Waals surface area contributed by atoms with E-state index in [0.717, 1.165) is 28.1 Å². The van der Waals surface area contributed by atoms with E-state index in [0.29, 0.717) is 33.1 Å². The molecule has 1 N–H and O–H groups in total. The van der Waals surface area contributed by atoms with Crippen LogP contribution in [0.2, 0.25) is 15.1 Å². The van der Waals surface area contributed by atoms with Gasteiger partial charge in [0.05, 0.1) is 53.2 Å². The van der Waals surface area contributed by atoms with Crippen molar-refractivity contribution in [2.75, 3.05) is 0 Å². The lowest BCUT2D eigenvalue weighted by Gasteiger charge is -2.09. The Bertz CT molecular complexity index is 1810. The maximum atomic E-state index is 6.98. The molecule has 0 fully saturated rings. The number of halogens is 5. The van der Waals surface area contributed by atoms with Gasteiger partial charge < -0.3 is 9.55 Å². The summed E-state index contributed by atoms with van der Waals surface area (Å²) in [5.41, 5.74) is 6.50. The molecule has 4 aromatic heterocycles. The Morgan fingerprint density at radius 3 is 2.22 bits per heavy atom. The van der Waals surface area contributed by atoms with Gasteiger partial charge >= 0.3 is 0 Å². The second-order valence-electron chi connectivity index (χ2n) is 8.24. The molecule has 0 amide bonds. The third kappa shape index (κ3) is 3.92. The van der Waals surface area contributed by atoms with E-state index in [1.165, 1.54) is 0 Å². The van der Waals surface area contributed by atoms with E-state index in [4.69, 9.17) is 63.0 Å². The summed E-state index contributed by atoms with van der Waals surface area (Å²) in [6.07, 6.45) is 5.54. The summed E-state index contributed by atoms with van der Waals surface area (Å²) in [6.45, 7) is 1.90. The number of nitrogens with one attached hydrogen (secondary N) is 1. The first kappa shape index (κ1) is 23.6. The van der Waals surface area contributed by atoms with Gasteiger partial charge in [0.2, 0.25) is 0 Å². The van der Waals surface area contributed by atoms with Crippen LogP contribution in [0, 0.1) is 6.92 Å². The van der Waals surface area contributed by atoms with Crippen molar-refractivity contribution in [3.63, 3.8) is 0 Å². The molecule has 0 radical (unpaired) electrons. The third-order valence-electron chi connectivity index (χ3n) is 5.80. The molecule has 178 valence electrons. The number of fused-ring (bicyclic) bond motifs is 8. The van der Waals surface area contributed by atoms with Crippen LogP contribution in [0.1, 0.15) is 28.5 Å². The lowest BCUT2D eigenvalue weighted by Crippen LogP contribution is -1.96. The lowest BCUT2D eigenvalue weighted by molar-refractivity contribution is 1.11. The van der Waals surface area contributed by atoms with Crippen LogP contribution in [-0.4, -0.2) is 24.5 Å². The van der Waals surface area contributed by atoms with Gasteiger partial charge in [-0.1, -0.05) is 58.0 Å². The fourth-order valence-corrected chi connectivity index (χ4v) is 5.52. The van der Waals surface area contributed by atoms with Gasteiger partial charge in [-0.25, -0.2) is 9.97 Å². The Labute approximate surface area is 230 Å². The van der Waals surface area contributed by atoms with Gasteiger partial charge in [-0.3, -0.25) is 4.98 Å². The van der Waals surface area contributed by atoms with Crippen molar-refractivity contribution in [2.45, 2.75) is 6.92 Å². The van der Waals surface area contributed by atoms with E-state index in [2.05, 4.69) is 15.0 Å². The van der Waals surface area contributed by atoms with Gasteiger partial charge in [0, 0.05) is 28.6 Å². The predicted molar refractivity (Wildman–Crippen MR) is 151 cm³/mol. The molecule has 6 rings (SSSR count). The molecule has 10 heteroatoms. The molecular formula is C26H14Cl5N5. The molecule has 2 aliphatic rings. The van der Waals surface area contributed by atoms with E-state index in [-0.39, 0.29) is 20.1 Å². The van der Waals surface area contributed by atoms with Crippen molar-refractivity contribution in [3.05, 3.63) is 92.2 Å². The minimum Gasteiger partial charge on any atom is -0.355 e. The van der Waals surface area contributed by atoms with Crippen LogP contribution in [0.4, 0.5) is 0 Å². The van der Waals surface area contributed by atoms with Gasteiger partial charge in [0.15, 0.2) is 0 Å². The minimum atomic E-state index is 0.200. The Morgan fingerprint density at radius 2 is 1.47 bits per heavy atom. The van der Waals surface area contributed by atoms with E-state index >= 15 is 0 Å². The normalized spacial score (nSPS) is 13.1. The first-order valence-corrected chi connectivity index (χ1v) is 12.6. The fraction of sp³-hybridized carbons (Fsp3) is 0.0385. The summed E-state index contributed by atoms with van der Waals surface area (Å²) in [7, 11) is 0. The zero-order valence-corrected chi connectivity index (χ0v) is 22.2. The molecule has 0 unspecified atom stereocenters. The quantitative estimate of drug-likeness (QED) is 0.218. The van der Waals surface area contributed by atoms with Gasteiger partial charge in [-0.15, -0.1) is 0 Å². The fourth-order valence-electron chi connectivity index (χ4n) is 4.18. The minimum absolute atomic E-state index is 0.200. The van der Waals surface area contributed by atoms with Crippen LogP contribution in [0.5, 0.6) is 0 Å². The van der Waals surface area contributed by atoms with Crippen LogP contribution >= 0.6 is 58.0 Å². The molecule has 0 saturated carbocycles. The molecule has 0 spiro atoms. The van der Waals surface area contributed by atoms with Crippen LogP contribution < -0.4 is 0 Å². The van der Waals surface area contributed by atoms with Gasteiger partial charge in [-0.05, 0) is 61.5 Å². The summed E-state index contributed by atoms with van der Waals surface area (Å²) in [5, 5.41) is 1.26. The van der Waals surface area contributed by atoms with E-state index in [9.17, 15) is 0 Å². The number of H-pyrrole nitrogens is 1. The van der Waals surface area contributed by atoms with Gasteiger partial charge in [-0.2, -0.15) is 0 Å². The van der Waals surface area contributed by atoms with Crippen molar-refractivity contribution in [2.24, 2.45) is 0 Å². The van der Waals surface area contributed by atoms with Crippen molar-refractivity contribution < 1.29 is 0 Å². The molecule has 8 bridgehead atoms. The zero-order valence-electron chi connectivity index (χ0n) is 18.5. The highest BCUT2D eigenvalue weighted by Gasteiger charge is 2.24. The molecule has 0 aromatic carbocycles. The van der Waals surface area contributed by atoms with Crippen LogP contribution in [-0.2, 0) is 0 Å². The number of aryl methyl sites for hydroxylation is 1. The highest BCUT2D eigenvalue weighted by molar-refractivity contribution is 6.66. The number of aromatic amines is 1. The Hall–Kier alpha value is -2.80. The molecule has 2 aliphatic heterocycles. The van der Waals surface area contributed by atoms with Crippen molar-refractivity contribution in [1.29, 1.82) is 0 Å². The van der Waals surface area contributed by atoms with Gasteiger partial charge in [0.1, 0.15) is 5.69 Å². The summed E-state index contributed by atoms with van der Waals surface area (Å²) in [5.74, 6) is 0. The average Bonchev–Trinajstić information content (AvgIpc) is 3.60. The average molecular weight is 574 g/mol. The number of nitrogens with zero attached hydrogens (tertiary/aromatic N) is 4. The second kappa shape index (κ2) is 8.94. The molecule has 6 heterocycles. The SMILES string of the molecule is Cc1cc(-n2c3cc4nc(cc5ccc(cc6nc(c(Cl)c2c(Cl)c3Cl)C(Cl)=C6Cl)[nH]5)C=C4)ccn1. The Kier molecular flexibility index (Phi) is 5.86. The zero-order chi connectivity index (χ0) is 25.1. The maximum absolute atomic E-state index is 6.98. The Balaban J connectivity index is 1.86. The molecule has 0 aliphatic carbocycles. The number of pyridine rings is 1. The second-order valence-corrected chi connectivity index (χ2v) is 10.1. The van der Waals surface area contributed by atoms with Crippen molar-refractivity contribution >= 4 is 102 Å². The smallest absolute Gasteiger partial charge is 0.105 e. The molecule has 0 saturated heterocycles. The maximum Gasteiger partial charge on any atom is 0.105 e. The number of rotatable bonds is 1. The van der Waals surface area contributed by atoms with E-state index < -0.39 is 0 Å². The first-order valence-electron chi connectivity index (χ1n) is 10.7. The standard InChI is InChI=1S/C26H14Cl5N5/c1-12-8-17(6-7-32-12)36-19-11-16-5-3-14(34-16)9-13-2-4-15(33-13)10-18-20(27)22(29)25(35-18)24(31)26(36)23(30)21(19)28/h2-11,33H,1H3. The molecule has 5 nitrogen and oxygen atoms in total. The van der Waals surface area contributed by atoms with E-state index in [1.54, 1.807) is 12.3 Å². The Morgan fingerprint density at radius 1 is 0.750 bits per heavy atom. The highest BCUT2D eigenvalue weighted by atomic mass is 35.5. The molecule has 36 heavy (non-hydrogen) atoms. The highest BCUT2D eigenvalue weighted by Crippen LogP contribution is 2.44. The van der Waals surface area contributed by atoms with Crippen LogP contribution in [0.15, 0.2) is 48.7 Å². The monoisotopic (exact) mass is 571 g/mol. The van der Waals surface area contributed by atoms with E-state index in [1.807, 2.05) is 60.0 Å². The number of hydrogen-bond acceptors (Lipinski definition) is 3. The van der Waals surface area contributed by atoms with Crippen molar-refractivity contribution in [3.8, 4) is 5.69 Å². The number of hydrogen-bond donors (Lipinski definition) is 1. The lowest BCUT2D eigenvalue weighted by atomic mass is 10.3. The first-order chi connectivity index (χ1) is 17.3. The molecule has 0 atom stereocenters. The largest absolute Gasteiger partial charge is 0.355 e. The summed E-state index contributed by atoms with van der Waals surface area (Å²) < 4.78 is 1.85. The summed E-state index contributed by atoms with van der Waals surface area (Å²) >= 11 is 33.8. The number of aromatic nitrogens is 5. The molecule has 4 aromatic rings. The third-order valence-corrected chi connectivity index (χ3v) is 7.85. The predicted octanol–water partition coefficient (Wildman–Crippen LogP) is 8.91. The van der Waals surface area contributed by atoms with Crippen LogP contribution in [0.25, 0.3) is 50.0 Å². The summed E-state index contributed by atoms with van der Waals surface area (Å²) in [6, 6.07) is 13.2. The van der Waals surface area contributed by atoms with Crippen LogP contribution in [0.3, 0.4) is 0 Å². The van der Waals surface area contributed by atoms with Gasteiger partial charge in [0.25, 0.3) is 0 Å². The summed E-state index contributed by atoms with van der Waals surface area (Å²) in [4.78, 5) is 17.0. The topological polar surface area (TPSA) is 59.4 Å². The van der Waals surface area contributed by atoms with Crippen molar-refractivity contribution in [1.82, 2.24) is 24.5 Å².